The Hall–Kier alpha value is -0.0800. The Labute approximate surface area is 147 Å². The number of epoxide rings is 1. The molecule has 7 unspecified atom stereocenters. The molecule has 2 nitrogen and oxygen atoms in total. The minimum absolute atomic E-state index is 0.0126. The Kier molecular flexibility index (Phi) is 4.42. The second-order valence-electron chi connectivity index (χ2n) is 10.0. The smallest absolute Gasteiger partial charge is 0.0844 e. The number of rotatable bonds is 2. The van der Waals surface area contributed by atoms with E-state index in [0.717, 1.165) is 48.3 Å². The number of hydrogen-bond donors (Lipinski definition) is 1. The number of hydrogen-bond acceptors (Lipinski definition) is 2. The van der Waals surface area contributed by atoms with Crippen molar-refractivity contribution in [2.75, 3.05) is 0 Å². The Morgan fingerprint density at radius 1 is 0.458 bits per heavy atom. The molecule has 1 saturated heterocycles. The van der Waals surface area contributed by atoms with Crippen LogP contribution in [0.5, 0.6) is 0 Å². The lowest BCUT2D eigenvalue weighted by molar-refractivity contribution is 0.0300. The summed E-state index contributed by atoms with van der Waals surface area (Å²) in [5.74, 6) is 6.04. The van der Waals surface area contributed by atoms with Gasteiger partial charge in [-0.25, -0.2) is 0 Å². The maximum atomic E-state index is 9.78. The molecule has 4 saturated carbocycles. The van der Waals surface area contributed by atoms with Gasteiger partial charge in [0.05, 0.1) is 18.3 Å². The molecule has 2 heteroatoms. The predicted octanol–water partition coefficient (Wildman–Crippen LogP) is 4.94. The van der Waals surface area contributed by atoms with Gasteiger partial charge in [-0.1, -0.05) is 0 Å². The second-order valence-corrected chi connectivity index (χ2v) is 10.0. The molecule has 0 radical (unpaired) electrons. The van der Waals surface area contributed by atoms with Crippen LogP contribution in [-0.2, 0) is 4.74 Å². The van der Waals surface area contributed by atoms with E-state index in [1.165, 1.54) is 64.2 Å². The third-order valence-corrected chi connectivity index (χ3v) is 8.81. The number of aliphatic hydroxyl groups is 1. The summed E-state index contributed by atoms with van der Waals surface area (Å²) in [5, 5.41) is 9.78. The van der Waals surface area contributed by atoms with Crippen molar-refractivity contribution in [3.8, 4) is 0 Å². The van der Waals surface area contributed by atoms with Crippen molar-refractivity contribution in [2.24, 2.45) is 35.5 Å². The highest BCUT2D eigenvalue weighted by molar-refractivity contribution is 4.96. The van der Waals surface area contributed by atoms with E-state index in [4.69, 9.17) is 4.74 Å². The summed E-state index contributed by atoms with van der Waals surface area (Å²) >= 11 is 0. The Balaban J connectivity index is 1.14. The summed E-state index contributed by atoms with van der Waals surface area (Å²) in [5.41, 5.74) is 0. The zero-order chi connectivity index (χ0) is 16.1. The molecule has 5 aliphatic rings. The minimum atomic E-state index is 0.0126. The highest BCUT2D eigenvalue weighted by Gasteiger charge is 2.47. The first-order chi connectivity index (χ1) is 11.8. The molecule has 1 heterocycles. The molecular weight excluding hydrogens is 296 g/mol. The molecule has 4 aliphatic carbocycles. The average molecular weight is 333 g/mol. The highest BCUT2D eigenvalue weighted by Crippen LogP contribution is 2.52. The summed E-state index contributed by atoms with van der Waals surface area (Å²) in [6, 6.07) is 0. The first-order valence-corrected chi connectivity index (χ1v) is 11.1. The van der Waals surface area contributed by atoms with Crippen molar-refractivity contribution in [3.63, 3.8) is 0 Å². The monoisotopic (exact) mass is 332 g/mol. The van der Waals surface area contributed by atoms with Crippen LogP contribution < -0.4 is 0 Å². The number of aliphatic hydroxyl groups excluding tert-OH is 1. The van der Waals surface area contributed by atoms with Crippen LogP contribution in [0.3, 0.4) is 0 Å². The van der Waals surface area contributed by atoms with Crippen molar-refractivity contribution in [1.29, 1.82) is 0 Å². The van der Waals surface area contributed by atoms with Gasteiger partial charge >= 0.3 is 0 Å². The number of ether oxygens (including phenoxy) is 1. The molecule has 5 fully saturated rings. The minimum Gasteiger partial charge on any atom is -0.393 e. The molecule has 7 atom stereocenters. The fourth-order valence-corrected chi connectivity index (χ4v) is 7.25. The lowest BCUT2D eigenvalue weighted by Crippen LogP contribution is -2.37. The molecule has 136 valence electrons. The summed E-state index contributed by atoms with van der Waals surface area (Å²) in [6.45, 7) is 0. The standard InChI is InChI=1S/C22H36O2/c23-20-8-5-14(6-9-20)15-1-2-17-12-18(4-3-16(17)11-15)19-7-10-21-22(13-19)24-21/h14-23H,1-13H2. The van der Waals surface area contributed by atoms with Crippen molar-refractivity contribution in [1.82, 2.24) is 0 Å². The quantitative estimate of drug-likeness (QED) is 0.727. The van der Waals surface area contributed by atoms with Crippen LogP contribution in [-0.4, -0.2) is 23.4 Å². The molecule has 0 bridgehead atoms. The van der Waals surface area contributed by atoms with Crippen LogP contribution in [0, 0.1) is 35.5 Å². The van der Waals surface area contributed by atoms with Gasteiger partial charge in [-0.2, -0.15) is 0 Å². The fraction of sp³-hybridized carbons (Fsp3) is 1.00. The first-order valence-electron chi connectivity index (χ1n) is 11.1. The third-order valence-electron chi connectivity index (χ3n) is 8.81. The molecule has 0 amide bonds. The summed E-state index contributed by atoms with van der Waals surface area (Å²) in [6.07, 6.45) is 19.4. The van der Waals surface area contributed by atoms with Crippen LogP contribution >= 0.6 is 0 Å². The lowest BCUT2D eigenvalue weighted by Gasteiger charge is -2.46. The van der Waals surface area contributed by atoms with Crippen LogP contribution in [0.1, 0.15) is 83.5 Å². The van der Waals surface area contributed by atoms with Crippen molar-refractivity contribution >= 4 is 0 Å². The summed E-state index contributed by atoms with van der Waals surface area (Å²) in [4.78, 5) is 0. The van der Waals surface area contributed by atoms with Crippen molar-refractivity contribution < 1.29 is 9.84 Å². The van der Waals surface area contributed by atoms with Gasteiger partial charge in [-0.15, -0.1) is 0 Å². The van der Waals surface area contributed by atoms with E-state index in [0.29, 0.717) is 12.2 Å². The topological polar surface area (TPSA) is 32.8 Å². The van der Waals surface area contributed by atoms with Crippen molar-refractivity contribution in [2.45, 2.75) is 102 Å². The van der Waals surface area contributed by atoms with Gasteiger partial charge in [0.15, 0.2) is 0 Å². The Morgan fingerprint density at radius 3 is 1.50 bits per heavy atom. The predicted molar refractivity (Wildman–Crippen MR) is 95.6 cm³/mol. The third kappa shape index (κ3) is 3.18. The van der Waals surface area contributed by atoms with E-state index in [1.54, 1.807) is 6.42 Å². The maximum absolute atomic E-state index is 9.78. The SMILES string of the molecule is OC1CCC(C2CCC3CC(C4CCC5OC5C4)CCC3C2)CC1. The van der Waals surface area contributed by atoms with E-state index in [2.05, 4.69) is 0 Å². The molecule has 0 aromatic rings. The largest absolute Gasteiger partial charge is 0.393 e. The molecule has 1 aliphatic heterocycles. The van der Waals surface area contributed by atoms with E-state index >= 15 is 0 Å². The first kappa shape index (κ1) is 16.1. The van der Waals surface area contributed by atoms with Gasteiger partial charge in [0.1, 0.15) is 0 Å². The second kappa shape index (κ2) is 6.58. The Morgan fingerprint density at radius 2 is 0.917 bits per heavy atom. The normalized spacial score (nSPS) is 54.6. The average Bonchev–Trinajstić information content (AvgIpc) is 3.40. The van der Waals surface area contributed by atoms with Gasteiger partial charge in [0, 0.05) is 0 Å². The molecular formula is C22H36O2. The van der Waals surface area contributed by atoms with E-state index < -0.39 is 0 Å². The molecule has 0 aromatic heterocycles. The van der Waals surface area contributed by atoms with E-state index in [1.807, 2.05) is 0 Å². The maximum Gasteiger partial charge on any atom is 0.0844 e. The fourth-order valence-electron chi connectivity index (χ4n) is 7.25. The van der Waals surface area contributed by atoms with Crippen LogP contribution in [0.15, 0.2) is 0 Å². The van der Waals surface area contributed by atoms with Gasteiger partial charge in [-0.05, 0) is 119 Å². The van der Waals surface area contributed by atoms with E-state index in [-0.39, 0.29) is 6.10 Å². The van der Waals surface area contributed by atoms with Crippen LogP contribution in [0.4, 0.5) is 0 Å². The van der Waals surface area contributed by atoms with E-state index in [9.17, 15) is 5.11 Å². The van der Waals surface area contributed by atoms with Crippen LogP contribution in [0.25, 0.3) is 0 Å². The van der Waals surface area contributed by atoms with Crippen LogP contribution in [0.2, 0.25) is 0 Å². The number of fused-ring (bicyclic) bond motifs is 2. The van der Waals surface area contributed by atoms with Gasteiger partial charge in [0.2, 0.25) is 0 Å². The van der Waals surface area contributed by atoms with Gasteiger partial charge in [0.25, 0.3) is 0 Å². The zero-order valence-corrected chi connectivity index (χ0v) is 15.2. The molecule has 0 spiro atoms. The summed E-state index contributed by atoms with van der Waals surface area (Å²) in [7, 11) is 0. The zero-order valence-electron chi connectivity index (χ0n) is 15.2. The molecule has 1 N–H and O–H groups in total. The molecule has 24 heavy (non-hydrogen) atoms. The van der Waals surface area contributed by atoms with Gasteiger partial charge in [-0.3, -0.25) is 0 Å². The molecule has 5 rings (SSSR count). The van der Waals surface area contributed by atoms with Crippen molar-refractivity contribution in [3.05, 3.63) is 0 Å². The Bertz CT molecular complexity index is 441. The summed E-state index contributed by atoms with van der Waals surface area (Å²) < 4.78 is 5.78. The highest BCUT2D eigenvalue weighted by atomic mass is 16.6. The molecule has 0 aromatic carbocycles. The lowest BCUT2D eigenvalue weighted by atomic mass is 9.59. The van der Waals surface area contributed by atoms with Gasteiger partial charge < -0.3 is 9.84 Å².